The Morgan fingerprint density at radius 3 is 2.67 bits per heavy atom. The topological polar surface area (TPSA) is 161 Å². The molecule has 1 aromatic heterocycles. The van der Waals surface area contributed by atoms with Gasteiger partial charge in [-0.05, 0) is 42.8 Å². The number of aliphatic imine (C=N–C) groups is 1. The average Bonchev–Trinajstić information content (AvgIpc) is 2.89. The van der Waals surface area contributed by atoms with Crippen molar-refractivity contribution in [3.8, 4) is 6.07 Å². The summed E-state index contributed by atoms with van der Waals surface area (Å²) in [6.07, 6.45) is 0.585. The molecule has 0 aliphatic carbocycles. The highest BCUT2D eigenvalue weighted by Crippen LogP contribution is 2.27. The molecule has 2 amide bonds. The Hall–Kier alpha value is -4.69. The number of anilines is 4. The third kappa shape index (κ3) is 5.68. The molecule has 0 saturated carbocycles. The highest BCUT2D eigenvalue weighted by Gasteiger charge is 2.18. The maximum Gasteiger partial charge on any atom is 0.251 e. The number of amides is 2. The molecule has 5 N–H and O–H groups in total. The van der Waals surface area contributed by atoms with Gasteiger partial charge in [-0.3, -0.25) is 14.5 Å². The van der Waals surface area contributed by atoms with Crippen molar-refractivity contribution in [1.29, 1.82) is 5.26 Å². The maximum atomic E-state index is 12.3. The minimum absolute atomic E-state index is 0.00551. The Labute approximate surface area is 213 Å². The lowest BCUT2D eigenvalue weighted by Gasteiger charge is -2.22. The Balaban J connectivity index is 2.10. The third-order valence-electron chi connectivity index (χ3n) is 5.17. The molecule has 0 spiro atoms. The quantitative estimate of drug-likeness (QED) is 0.206. The number of aromatic nitrogens is 2. The SMILES string of the molecule is CNC(=O)c1cccc(N(C=O)C(CNc2nc(NC)nc(N)c2C#N)=Nc2cccc(Cl)c2C)c1. The molecular formula is C24H24ClN9O2. The fraction of sp³-hybridized carbons (Fsp3) is 0.167. The summed E-state index contributed by atoms with van der Waals surface area (Å²) in [6.45, 7) is 1.77. The van der Waals surface area contributed by atoms with Crippen molar-refractivity contribution in [1.82, 2.24) is 15.3 Å². The highest BCUT2D eigenvalue weighted by atomic mass is 35.5. The van der Waals surface area contributed by atoms with E-state index < -0.39 is 0 Å². The van der Waals surface area contributed by atoms with Crippen LogP contribution in [0.5, 0.6) is 0 Å². The third-order valence-corrected chi connectivity index (χ3v) is 5.58. The molecule has 0 atom stereocenters. The molecule has 2 aromatic carbocycles. The van der Waals surface area contributed by atoms with Gasteiger partial charge in [0.2, 0.25) is 12.4 Å². The van der Waals surface area contributed by atoms with Crippen molar-refractivity contribution < 1.29 is 9.59 Å². The number of nitrogens with two attached hydrogens (primary N) is 1. The van der Waals surface area contributed by atoms with Gasteiger partial charge in [0, 0.05) is 24.7 Å². The van der Waals surface area contributed by atoms with Crippen LogP contribution in [0, 0.1) is 18.3 Å². The van der Waals surface area contributed by atoms with Crippen LogP contribution in [0.2, 0.25) is 5.02 Å². The molecule has 0 unspecified atom stereocenters. The molecule has 0 radical (unpaired) electrons. The molecule has 11 nitrogen and oxygen atoms in total. The second kappa shape index (κ2) is 11.6. The first kappa shape index (κ1) is 25.9. The smallest absolute Gasteiger partial charge is 0.251 e. The van der Waals surface area contributed by atoms with Gasteiger partial charge in [0.25, 0.3) is 5.91 Å². The summed E-state index contributed by atoms with van der Waals surface area (Å²) in [5, 5.41) is 18.4. The van der Waals surface area contributed by atoms with Gasteiger partial charge < -0.3 is 21.7 Å². The zero-order valence-corrected chi connectivity index (χ0v) is 20.6. The van der Waals surface area contributed by atoms with Crippen molar-refractivity contribution in [2.24, 2.45) is 4.99 Å². The number of carbonyl (C=O) groups excluding carboxylic acids is 2. The van der Waals surface area contributed by atoms with Crippen LogP contribution in [0.15, 0.2) is 47.5 Å². The normalized spacial score (nSPS) is 10.8. The Kier molecular flexibility index (Phi) is 8.38. The first-order valence-electron chi connectivity index (χ1n) is 10.7. The van der Waals surface area contributed by atoms with E-state index in [0.29, 0.717) is 33.9 Å². The summed E-state index contributed by atoms with van der Waals surface area (Å²) in [6, 6.07) is 13.7. The number of hydrogen-bond donors (Lipinski definition) is 4. The summed E-state index contributed by atoms with van der Waals surface area (Å²) in [4.78, 5) is 38.7. The van der Waals surface area contributed by atoms with Gasteiger partial charge in [0.15, 0.2) is 5.82 Å². The van der Waals surface area contributed by atoms with E-state index in [2.05, 4.69) is 30.9 Å². The van der Waals surface area contributed by atoms with Crippen molar-refractivity contribution in [3.63, 3.8) is 0 Å². The molecule has 0 fully saturated rings. The molecule has 0 saturated heterocycles. The zero-order valence-electron chi connectivity index (χ0n) is 19.8. The molecule has 184 valence electrons. The first-order chi connectivity index (χ1) is 17.3. The molecular weight excluding hydrogens is 482 g/mol. The summed E-state index contributed by atoms with van der Waals surface area (Å²) in [5.74, 6) is 0.309. The Bertz CT molecular complexity index is 1370. The van der Waals surface area contributed by atoms with Gasteiger partial charge in [-0.2, -0.15) is 15.2 Å². The van der Waals surface area contributed by atoms with Gasteiger partial charge in [0.1, 0.15) is 23.3 Å². The fourth-order valence-electron chi connectivity index (χ4n) is 3.24. The van der Waals surface area contributed by atoms with E-state index in [1.54, 1.807) is 49.5 Å². The number of nitrogens with zero attached hydrogens (tertiary/aromatic N) is 5. The molecule has 36 heavy (non-hydrogen) atoms. The average molecular weight is 506 g/mol. The van der Waals surface area contributed by atoms with Crippen LogP contribution in [0.1, 0.15) is 21.5 Å². The van der Waals surface area contributed by atoms with Crippen LogP contribution in [0.3, 0.4) is 0 Å². The standard InChI is InChI=1S/C24H24ClN9O2/c1-14-18(25)8-5-9-19(14)31-20(12-30-22-17(11-26)21(27)32-24(29-3)33-22)34(13-35)16-7-4-6-15(10-16)23(36)28-2/h4-10,13H,12H2,1-3H3,(H,28,36)(H4,27,29,30,32,33). The predicted octanol–water partition coefficient (Wildman–Crippen LogP) is 3.10. The number of benzene rings is 2. The largest absolute Gasteiger partial charge is 0.382 e. The van der Waals surface area contributed by atoms with E-state index in [0.717, 1.165) is 0 Å². The lowest BCUT2D eigenvalue weighted by Crippen LogP contribution is -2.35. The molecule has 3 rings (SSSR count). The molecule has 0 aliphatic heterocycles. The van der Waals surface area contributed by atoms with Crippen LogP contribution in [0.4, 0.5) is 29.0 Å². The highest BCUT2D eigenvalue weighted by molar-refractivity contribution is 6.31. The lowest BCUT2D eigenvalue weighted by atomic mass is 10.1. The van der Waals surface area contributed by atoms with Crippen LogP contribution in [-0.4, -0.2) is 48.8 Å². The van der Waals surface area contributed by atoms with E-state index >= 15 is 0 Å². The second-order valence-electron chi connectivity index (χ2n) is 7.39. The van der Waals surface area contributed by atoms with Crippen molar-refractivity contribution in [3.05, 3.63) is 64.2 Å². The van der Waals surface area contributed by atoms with Gasteiger partial charge in [-0.1, -0.05) is 23.7 Å². The summed E-state index contributed by atoms with van der Waals surface area (Å²) < 4.78 is 0. The zero-order chi connectivity index (χ0) is 26.2. The van der Waals surface area contributed by atoms with Crippen molar-refractivity contribution >= 4 is 58.7 Å². The maximum absolute atomic E-state index is 12.3. The van der Waals surface area contributed by atoms with Gasteiger partial charge in [0.05, 0.1) is 17.9 Å². The van der Waals surface area contributed by atoms with E-state index in [1.165, 1.54) is 11.9 Å². The minimum Gasteiger partial charge on any atom is -0.382 e. The van der Waals surface area contributed by atoms with Gasteiger partial charge in [-0.25, -0.2) is 4.99 Å². The number of nitriles is 1. The fourth-order valence-corrected chi connectivity index (χ4v) is 3.41. The number of hydrogen-bond acceptors (Lipinski definition) is 9. The van der Waals surface area contributed by atoms with Gasteiger partial charge in [-0.15, -0.1) is 0 Å². The van der Waals surface area contributed by atoms with E-state index in [9.17, 15) is 14.9 Å². The summed E-state index contributed by atoms with van der Waals surface area (Å²) in [5.41, 5.74) is 7.97. The summed E-state index contributed by atoms with van der Waals surface area (Å²) in [7, 11) is 3.14. The summed E-state index contributed by atoms with van der Waals surface area (Å²) >= 11 is 6.28. The number of carbonyl (C=O) groups is 2. The number of rotatable bonds is 8. The number of nitrogen functional groups attached to an aromatic ring is 1. The lowest BCUT2D eigenvalue weighted by molar-refractivity contribution is -0.106. The molecule has 12 heteroatoms. The van der Waals surface area contributed by atoms with E-state index in [1.807, 2.05) is 13.0 Å². The van der Waals surface area contributed by atoms with Crippen molar-refractivity contribution in [2.45, 2.75) is 6.92 Å². The van der Waals surface area contributed by atoms with Crippen LogP contribution in [0.25, 0.3) is 0 Å². The Morgan fingerprint density at radius 1 is 1.25 bits per heavy atom. The van der Waals surface area contributed by atoms with E-state index in [-0.39, 0.29) is 41.4 Å². The monoisotopic (exact) mass is 505 g/mol. The van der Waals surface area contributed by atoms with Crippen LogP contribution < -0.4 is 26.6 Å². The molecule has 0 bridgehead atoms. The number of halogens is 1. The minimum atomic E-state index is -0.306. The first-order valence-corrected chi connectivity index (χ1v) is 11.1. The molecule has 0 aliphatic rings. The Morgan fingerprint density at radius 2 is 2.00 bits per heavy atom. The van der Waals surface area contributed by atoms with Crippen LogP contribution >= 0.6 is 11.6 Å². The predicted molar refractivity (Wildman–Crippen MR) is 141 cm³/mol. The van der Waals surface area contributed by atoms with Gasteiger partial charge >= 0.3 is 0 Å². The molecule has 1 heterocycles. The number of nitrogens with one attached hydrogen (secondary N) is 3. The number of amidine groups is 1. The second-order valence-corrected chi connectivity index (χ2v) is 7.80. The van der Waals surface area contributed by atoms with Crippen molar-refractivity contribution in [2.75, 3.05) is 41.9 Å². The van der Waals surface area contributed by atoms with Crippen LogP contribution in [-0.2, 0) is 4.79 Å². The molecule has 3 aromatic rings. The van der Waals surface area contributed by atoms with E-state index in [4.69, 9.17) is 17.3 Å².